The van der Waals surface area contributed by atoms with Gasteiger partial charge >= 0.3 is 0 Å². The first kappa shape index (κ1) is 32.1. The highest BCUT2D eigenvalue weighted by molar-refractivity contribution is 7.99. The zero-order valence-corrected chi connectivity index (χ0v) is 26.5. The molecule has 0 aliphatic carbocycles. The van der Waals surface area contributed by atoms with Crippen LogP contribution in [-0.4, -0.2) is 41.4 Å². The summed E-state index contributed by atoms with van der Waals surface area (Å²) in [6, 6.07) is 46.6. The molecule has 1 aromatic heterocycles. The van der Waals surface area contributed by atoms with Gasteiger partial charge in [-0.25, -0.2) is 4.98 Å². The van der Waals surface area contributed by atoms with Crippen molar-refractivity contribution in [2.75, 3.05) is 6.61 Å². The van der Waals surface area contributed by atoms with Gasteiger partial charge < -0.3 is 23.7 Å². The Morgan fingerprint density at radius 1 is 0.500 bits per heavy atom. The minimum atomic E-state index is -0.471. The molecule has 1 aliphatic rings. The van der Waals surface area contributed by atoms with E-state index in [0.29, 0.717) is 33.0 Å². The molecule has 2 heterocycles. The number of thioether (sulfide) groups is 1. The molecule has 1 saturated heterocycles. The lowest BCUT2D eigenvalue weighted by molar-refractivity contribution is -0.254. The Bertz CT molecular complexity index is 1550. The topological polar surface area (TPSA) is 59.0 Å². The fourth-order valence-corrected chi connectivity index (χ4v) is 6.46. The van der Waals surface area contributed by atoms with Crippen LogP contribution < -0.4 is 0 Å². The predicted octanol–water partition coefficient (Wildman–Crippen LogP) is 7.87. The second-order valence-electron chi connectivity index (χ2n) is 11.1. The Morgan fingerprint density at radius 3 is 1.46 bits per heavy atom. The molecule has 236 valence electrons. The minimum Gasteiger partial charge on any atom is -0.374 e. The first-order valence-electron chi connectivity index (χ1n) is 15.6. The Balaban J connectivity index is 1.31. The number of aromatic nitrogens is 1. The van der Waals surface area contributed by atoms with Crippen LogP contribution in [0.3, 0.4) is 0 Å². The van der Waals surface area contributed by atoms with Crippen molar-refractivity contribution in [3.05, 3.63) is 168 Å². The molecule has 0 amide bonds. The number of hydrogen-bond donors (Lipinski definition) is 0. The molecule has 0 N–H and O–H groups in total. The molecule has 0 spiro atoms. The third-order valence-corrected chi connectivity index (χ3v) is 8.81. The molecule has 0 radical (unpaired) electrons. The quantitative estimate of drug-likeness (QED) is 0.116. The minimum absolute atomic E-state index is 0.324. The van der Waals surface area contributed by atoms with Gasteiger partial charge in [-0.2, -0.15) is 0 Å². The third-order valence-electron chi connectivity index (χ3n) is 7.72. The second-order valence-corrected chi connectivity index (χ2v) is 12.2. The van der Waals surface area contributed by atoms with E-state index in [2.05, 4.69) is 53.5 Å². The van der Waals surface area contributed by atoms with Gasteiger partial charge in [0.15, 0.2) is 0 Å². The van der Waals surface area contributed by atoms with Crippen molar-refractivity contribution < 1.29 is 23.7 Å². The predicted molar refractivity (Wildman–Crippen MR) is 180 cm³/mol. The van der Waals surface area contributed by atoms with E-state index in [1.807, 2.05) is 91.0 Å². The zero-order valence-electron chi connectivity index (χ0n) is 25.7. The van der Waals surface area contributed by atoms with Gasteiger partial charge in [-0.05, 0) is 34.4 Å². The first-order chi connectivity index (χ1) is 22.8. The normalized spacial score (nSPS) is 21.2. The number of hydrogen-bond acceptors (Lipinski definition) is 7. The number of ether oxygens (including phenoxy) is 5. The number of nitrogens with zero attached hydrogens (tertiary/aromatic N) is 1. The molecule has 5 atom stereocenters. The fourth-order valence-electron chi connectivity index (χ4n) is 5.38. The van der Waals surface area contributed by atoms with Crippen molar-refractivity contribution in [2.24, 2.45) is 0 Å². The molecule has 7 heteroatoms. The van der Waals surface area contributed by atoms with Crippen molar-refractivity contribution >= 4 is 11.8 Å². The SMILES string of the molecule is c1ccc(COC[C@H]2OC(Sc3ccccn3)[C@H](OCc3ccccc3)[C@@H](OCc3ccccc3)[C@@H]2OCc2ccccc2)cc1. The van der Waals surface area contributed by atoms with Crippen LogP contribution in [0.4, 0.5) is 0 Å². The van der Waals surface area contributed by atoms with Gasteiger partial charge in [0.05, 0.1) is 38.1 Å². The van der Waals surface area contributed by atoms with E-state index in [0.717, 1.165) is 27.3 Å². The molecule has 1 fully saturated rings. The molecule has 4 aromatic carbocycles. The highest BCUT2D eigenvalue weighted by Crippen LogP contribution is 2.38. The maximum absolute atomic E-state index is 6.88. The Morgan fingerprint density at radius 2 is 0.957 bits per heavy atom. The number of pyridine rings is 1. The summed E-state index contributed by atoms with van der Waals surface area (Å²) in [6.45, 7) is 2.00. The molecule has 46 heavy (non-hydrogen) atoms. The molecule has 6 nitrogen and oxygen atoms in total. The Kier molecular flexibility index (Phi) is 12.0. The maximum Gasteiger partial charge on any atom is 0.138 e. The summed E-state index contributed by atoms with van der Waals surface area (Å²) in [5.41, 5.74) is 3.88. The van der Waals surface area contributed by atoms with Gasteiger partial charge in [0, 0.05) is 6.20 Å². The monoisotopic (exact) mass is 633 g/mol. The molecule has 0 bridgehead atoms. The van der Waals surface area contributed by atoms with Crippen LogP contribution in [0.1, 0.15) is 22.3 Å². The third kappa shape index (κ3) is 9.36. The number of rotatable bonds is 15. The van der Waals surface area contributed by atoms with Crippen molar-refractivity contribution in [1.82, 2.24) is 4.98 Å². The molecule has 6 rings (SSSR count). The Labute approximate surface area is 275 Å². The standard InChI is InChI=1S/C39H39NO5S/c1-5-15-30(16-6-1)25-41-29-34-36(42-26-31-17-7-2-8-18-31)37(43-27-32-19-9-3-10-20-32)38(44-28-33-21-11-4-12-22-33)39(45-34)46-35-23-13-14-24-40-35/h1-24,34,36-39H,25-29H2/t34-,36-,37+,38-,39?/m1/s1. The van der Waals surface area contributed by atoms with Crippen LogP contribution in [0.5, 0.6) is 0 Å². The lowest BCUT2D eigenvalue weighted by atomic mass is 9.98. The van der Waals surface area contributed by atoms with Crippen molar-refractivity contribution in [2.45, 2.75) is 61.3 Å². The molecule has 0 saturated carbocycles. The van der Waals surface area contributed by atoms with E-state index in [1.54, 1.807) is 6.20 Å². The highest BCUT2D eigenvalue weighted by atomic mass is 32.2. The lowest BCUT2D eigenvalue weighted by Crippen LogP contribution is -2.60. The van der Waals surface area contributed by atoms with Gasteiger partial charge in [0.25, 0.3) is 0 Å². The molecular weight excluding hydrogens is 594 g/mol. The summed E-state index contributed by atoms with van der Waals surface area (Å²) >= 11 is 1.53. The lowest BCUT2D eigenvalue weighted by Gasteiger charge is -2.46. The van der Waals surface area contributed by atoms with Crippen LogP contribution in [0.15, 0.2) is 151 Å². The molecule has 5 aromatic rings. The van der Waals surface area contributed by atoms with E-state index in [9.17, 15) is 0 Å². The maximum atomic E-state index is 6.88. The first-order valence-corrected chi connectivity index (χ1v) is 16.5. The van der Waals surface area contributed by atoms with Crippen molar-refractivity contribution in [3.8, 4) is 0 Å². The van der Waals surface area contributed by atoms with E-state index in [1.165, 1.54) is 11.8 Å². The summed E-state index contributed by atoms with van der Waals surface area (Å²) in [6.07, 6.45) is -0.0392. The molecule has 1 aliphatic heterocycles. The number of benzene rings is 4. The van der Waals surface area contributed by atoms with Crippen LogP contribution in [0, 0.1) is 0 Å². The van der Waals surface area contributed by atoms with Crippen LogP contribution in [-0.2, 0) is 50.1 Å². The largest absolute Gasteiger partial charge is 0.374 e. The summed E-state index contributed by atoms with van der Waals surface area (Å²) < 4.78 is 33.5. The average molecular weight is 634 g/mol. The van der Waals surface area contributed by atoms with E-state index in [-0.39, 0.29) is 0 Å². The van der Waals surface area contributed by atoms with Crippen LogP contribution >= 0.6 is 11.8 Å². The Hall–Kier alpha value is -3.82. The molecule has 1 unspecified atom stereocenters. The molecular formula is C39H39NO5S. The van der Waals surface area contributed by atoms with E-state index < -0.39 is 29.9 Å². The van der Waals surface area contributed by atoms with Gasteiger partial charge in [-0.3, -0.25) is 0 Å². The summed E-state index contributed by atoms with van der Waals surface area (Å²) in [5, 5.41) is 0.843. The fraction of sp³-hybridized carbons (Fsp3) is 0.256. The van der Waals surface area contributed by atoms with Gasteiger partial charge in [-0.15, -0.1) is 0 Å². The average Bonchev–Trinajstić information content (AvgIpc) is 3.12. The smallest absolute Gasteiger partial charge is 0.138 e. The summed E-state index contributed by atoms with van der Waals surface area (Å²) in [4.78, 5) is 4.59. The summed E-state index contributed by atoms with van der Waals surface area (Å²) in [5.74, 6) is 0. The van der Waals surface area contributed by atoms with Crippen molar-refractivity contribution in [3.63, 3.8) is 0 Å². The van der Waals surface area contributed by atoms with Gasteiger partial charge in [-0.1, -0.05) is 139 Å². The van der Waals surface area contributed by atoms with E-state index in [4.69, 9.17) is 23.7 Å². The van der Waals surface area contributed by atoms with Crippen LogP contribution in [0.25, 0.3) is 0 Å². The van der Waals surface area contributed by atoms with Crippen molar-refractivity contribution in [1.29, 1.82) is 0 Å². The van der Waals surface area contributed by atoms with Gasteiger partial charge in [0.1, 0.15) is 29.9 Å². The highest BCUT2D eigenvalue weighted by Gasteiger charge is 2.49. The second kappa shape index (κ2) is 17.2. The zero-order chi connectivity index (χ0) is 31.2. The van der Waals surface area contributed by atoms with Crippen LogP contribution in [0.2, 0.25) is 0 Å². The summed E-state index contributed by atoms with van der Waals surface area (Å²) in [7, 11) is 0. The van der Waals surface area contributed by atoms with E-state index >= 15 is 0 Å². The van der Waals surface area contributed by atoms with Gasteiger partial charge in [0.2, 0.25) is 0 Å².